The van der Waals surface area contributed by atoms with Crippen molar-refractivity contribution in [2.45, 2.75) is 43.7 Å². The van der Waals surface area contributed by atoms with Crippen molar-refractivity contribution in [2.24, 2.45) is 0 Å². The third kappa shape index (κ3) is 4.66. The molecule has 0 aliphatic carbocycles. The highest BCUT2D eigenvalue weighted by Crippen LogP contribution is 2.25. The zero-order chi connectivity index (χ0) is 19.4. The number of sulfonamides is 1. The number of amides is 1. The number of aromatic nitrogens is 1. The molecule has 1 aliphatic heterocycles. The molecule has 0 radical (unpaired) electrons. The van der Waals surface area contributed by atoms with Gasteiger partial charge in [0.25, 0.3) is 5.91 Å². The van der Waals surface area contributed by atoms with E-state index in [9.17, 15) is 13.2 Å². The normalized spacial score (nSPS) is 17.7. The first-order valence-electron chi connectivity index (χ1n) is 8.87. The minimum atomic E-state index is -3.87. The summed E-state index contributed by atoms with van der Waals surface area (Å²) in [5, 5.41) is 0.0805. The Balaban J connectivity index is 1.82. The molecule has 1 fully saturated rings. The number of rotatable bonds is 5. The largest absolute Gasteiger partial charge is 0.336 e. The fraction of sp³-hybridized carbons (Fsp3) is 0.368. The first-order chi connectivity index (χ1) is 12.9. The second-order valence-corrected chi connectivity index (χ2v) is 8.82. The van der Waals surface area contributed by atoms with Crippen LogP contribution in [-0.4, -0.2) is 36.8 Å². The molecule has 1 unspecified atom stereocenters. The summed E-state index contributed by atoms with van der Waals surface area (Å²) in [6.07, 6.45) is 6.22. The van der Waals surface area contributed by atoms with E-state index in [-0.39, 0.29) is 28.4 Å². The number of carbonyl (C=O) groups is 1. The zero-order valence-electron chi connectivity index (χ0n) is 15.1. The molecule has 8 heteroatoms. The third-order valence-electron chi connectivity index (χ3n) is 4.72. The van der Waals surface area contributed by atoms with Gasteiger partial charge >= 0.3 is 0 Å². The molecule has 2 aromatic rings. The predicted molar refractivity (Wildman–Crippen MR) is 104 cm³/mol. The third-order valence-corrected chi connectivity index (χ3v) is 6.60. The number of pyridine rings is 1. The molecule has 0 bridgehead atoms. The Morgan fingerprint density at radius 2 is 2.15 bits per heavy atom. The van der Waals surface area contributed by atoms with Crippen LogP contribution in [0.1, 0.15) is 42.1 Å². The van der Waals surface area contributed by atoms with Gasteiger partial charge in [-0.3, -0.25) is 9.78 Å². The molecule has 1 aromatic heterocycles. The number of nitrogens with one attached hydrogen (secondary N) is 1. The summed E-state index contributed by atoms with van der Waals surface area (Å²) in [5.74, 6) is -0.164. The Morgan fingerprint density at radius 3 is 2.85 bits per heavy atom. The van der Waals surface area contributed by atoms with Crippen LogP contribution in [0.15, 0.2) is 47.6 Å². The predicted octanol–water partition coefficient (Wildman–Crippen LogP) is 3.23. The van der Waals surface area contributed by atoms with Gasteiger partial charge in [-0.2, -0.15) is 0 Å². The molecule has 1 aliphatic rings. The van der Waals surface area contributed by atoms with E-state index in [2.05, 4.69) is 9.71 Å². The number of piperidine rings is 1. The number of hydrogen-bond donors (Lipinski definition) is 1. The Morgan fingerprint density at radius 1 is 1.33 bits per heavy atom. The number of hydrogen-bond acceptors (Lipinski definition) is 4. The van der Waals surface area contributed by atoms with Crippen molar-refractivity contribution < 1.29 is 13.2 Å². The molecular formula is C19H22ClN3O3S. The lowest BCUT2D eigenvalue weighted by atomic mass is 10.0. The number of halogens is 1. The molecule has 27 heavy (non-hydrogen) atoms. The average Bonchev–Trinajstić information content (AvgIpc) is 2.67. The van der Waals surface area contributed by atoms with Gasteiger partial charge in [0.1, 0.15) is 4.90 Å². The van der Waals surface area contributed by atoms with Crippen molar-refractivity contribution in [3.63, 3.8) is 0 Å². The van der Waals surface area contributed by atoms with Crippen LogP contribution in [-0.2, 0) is 16.6 Å². The molecule has 2 heterocycles. The van der Waals surface area contributed by atoms with Gasteiger partial charge in [0, 0.05) is 37.1 Å². The molecule has 0 spiro atoms. The van der Waals surface area contributed by atoms with E-state index in [0.717, 1.165) is 24.8 Å². The summed E-state index contributed by atoms with van der Waals surface area (Å²) in [7, 11) is -3.87. The summed E-state index contributed by atoms with van der Waals surface area (Å²) < 4.78 is 27.9. The maximum Gasteiger partial charge on any atom is 0.254 e. The minimum Gasteiger partial charge on any atom is -0.336 e. The summed E-state index contributed by atoms with van der Waals surface area (Å²) in [5.41, 5.74) is 1.06. The molecule has 1 atom stereocenters. The van der Waals surface area contributed by atoms with E-state index in [1.165, 1.54) is 12.1 Å². The molecule has 1 aromatic carbocycles. The van der Waals surface area contributed by atoms with Crippen molar-refractivity contribution in [3.8, 4) is 0 Å². The number of benzene rings is 1. The van der Waals surface area contributed by atoms with Crippen LogP contribution in [0, 0.1) is 0 Å². The van der Waals surface area contributed by atoms with Crippen LogP contribution < -0.4 is 4.72 Å². The van der Waals surface area contributed by atoms with Crippen molar-refractivity contribution in [1.29, 1.82) is 0 Å². The van der Waals surface area contributed by atoms with Gasteiger partial charge in [-0.05, 0) is 56.0 Å². The summed E-state index contributed by atoms with van der Waals surface area (Å²) in [6.45, 7) is 2.79. The van der Waals surface area contributed by atoms with E-state index < -0.39 is 10.0 Å². The van der Waals surface area contributed by atoms with E-state index in [0.29, 0.717) is 12.1 Å². The molecule has 1 saturated heterocycles. The van der Waals surface area contributed by atoms with Gasteiger partial charge < -0.3 is 4.90 Å². The van der Waals surface area contributed by atoms with E-state index in [1.54, 1.807) is 35.5 Å². The van der Waals surface area contributed by atoms with Crippen molar-refractivity contribution in [1.82, 2.24) is 14.6 Å². The van der Waals surface area contributed by atoms with Gasteiger partial charge in [0.2, 0.25) is 10.0 Å². The molecule has 3 rings (SSSR count). The lowest BCUT2D eigenvalue weighted by Gasteiger charge is -2.33. The Labute approximate surface area is 164 Å². The van der Waals surface area contributed by atoms with Gasteiger partial charge in [0.05, 0.1) is 5.02 Å². The fourth-order valence-electron chi connectivity index (χ4n) is 3.17. The molecule has 6 nitrogen and oxygen atoms in total. The Hall–Kier alpha value is -1.96. The number of nitrogens with zero attached hydrogens (tertiary/aromatic N) is 2. The highest BCUT2D eigenvalue weighted by molar-refractivity contribution is 7.89. The molecule has 0 saturated carbocycles. The lowest BCUT2D eigenvalue weighted by molar-refractivity contribution is 0.0635. The smallest absolute Gasteiger partial charge is 0.254 e. The number of likely N-dealkylation sites (tertiary alicyclic amines) is 1. The monoisotopic (exact) mass is 407 g/mol. The summed E-state index contributed by atoms with van der Waals surface area (Å²) >= 11 is 6.13. The van der Waals surface area contributed by atoms with E-state index >= 15 is 0 Å². The van der Waals surface area contributed by atoms with Crippen LogP contribution in [0.25, 0.3) is 0 Å². The average molecular weight is 408 g/mol. The van der Waals surface area contributed by atoms with Crippen LogP contribution >= 0.6 is 11.6 Å². The SMILES string of the molecule is CC1CCCCN1C(=O)c1ccc(Cl)c(S(=O)(=O)NCc2cccnc2)c1. The maximum atomic E-state index is 12.8. The standard InChI is InChI=1S/C19H22ClN3O3S/c1-14-5-2-3-10-23(14)19(24)16-7-8-17(20)18(11-16)27(25,26)22-13-15-6-4-9-21-12-15/h4,6-9,11-12,14,22H,2-3,5,10,13H2,1H3. The van der Waals surface area contributed by atoms with Crippen LogP contribution in [0.4, 0.5) is 0 Å². The molecule has 1 amide bonds. The zero-order valence-corrected chi connectivity index (χ0v) is 16.6. The van der Waals surface area contributed by atoms with E-state index in [1.807, 2.05) is 6.92 Å². The maximum absolute atomic E-state index is 12.8. The molecular weight excluding hydrogens is 386 g/mol. The van der Waals surface area contributed by atoms with E-state index in [4.69, 9.17) is 11.6 Å². The lowest BCUT2D eigenvalue weighted by Crippen LogP contribution is -2.42. The summed E-state index contributed by atoms with van der Waals surface area (Å²) in [4.78, 5) is 18.5. The van der Waals surface area contributed by atoms with Crippen LogP contribution in [0.5, 0.6) is 0 Å². The first kappa shape index (κ1) is 19.8. The Kier molecular flexibility index (Phi) is 6.14. The second kappa shape index (κ2) is 8.37. The second-order valence-electron chi connectivity index (χ2n) is 6.67. The topological polar surface area (TPSA) is 79.4 Å². The quantitative estimate of drug-likeness (QED) is 0.825. The van der Waals surface area contributed by atoms with Gasteiger partial charge in [-0.15, -0.1) is 0 Å². The van der Waals surface area contributed by atoms with Gasteiger partial charge in [0.15, 0.2) is 0 Å². The summed E-state index contributed by atoms with van der Waals surface area (Å²) in [6, 6.07) is 8.04. The fourth-order valence-corrected chi connectivity index (χ4v) is 4.71. The van der Waals surface area contributed by atoms with Crippen LogP contribution in [0.3, 0.4) is 0 Å². The first-order valence-corrected chi connectivity index (χ1v) is 10.7. The van der Waals surface area contributed by atoms with Crippen molar-refractivity contribution >= 4 is 27.5 Å². The number of carbonyl (C=O) groups excluding carboxylic acids is 1. The van der Waals surface area contributed by atoms with Crippen LogP contribution in [0.2, 0.25) is 5.02 Å². The van der Waals surface area contributed by atoms with Crippen molar-refractivity contribution in [2.75, 3.05) is 6.54 Å². The highest BCUT2D eigenvalue weighted by atomic mass is 35.5. The van der Waals surface area contributed by atoms with Crippen molar-refractivity contribution in [3.05, 3.63) is 58.9 Å². The molecule has 144 valence electrons. The molecule has 1 N–H and O–H groups in total. The van der Waals surface area contributed by atoms with Gasteiger partial charge in [-0.25, -0.2) is 13.1 Å². The minimum absolute atomic E-state index is 0.0805. The Bertz CT molecular complexity index is 919. The van der Waals surface area contributed by atoms with Gasteiger partial charge in [-0.1, -0.05) is 17.7 Å². The highest BCUT2D eigenvalue weighted by Gasteiger charge is 2.26.